The molecule has 0 aliphatic carbocycles. The van der Waals surface area contributed by atoms with E-state index in [0.717, 1.165) is 16.9 Å². The van der Waals surface area contributed by atoms with Crippen molar-refractivity contribution in [2.24, 2.45) is 0 Å². The molecule has 0 amide bonds. The highest BCUT2D eigenvalue weighted by molar-refractivity contribution is 7.91. The largest absolute Gasteiger partial charge is 0.271 e. The Hall–Kier alpha value is -0.960. The van der Waals surface area contributed by atoms with Crippen LogP contribution in [0.1, 0.15) is 5.56 Å². The quantitative estimate of drug-likeness (QED) is 0.903. The number of thiazole rings is 1. The van der Waals surface area contributed by atoms with Gasteiger partial charge in [-0.1, -0.05) is 22.9 Å². The maximum atomic E-state index is 11.8. The summed E-state index contributed by atoms with van der Waals surface area (Å²) in [6.45, 7) is 2.66. The fraction of sp³-hybridized carbons (Fsp3) is 0.333. The van der Waals surface area contributed by atoms with Crippen LogP contribution in [0, 0.1) is 6.92 Å². The first-order valence-corrected chi connectivity index (χ1v) is 7.75. The first kappa shape index (κ1) is 13.5. The van der Waals surface area contributed by atoms with Gasteiger partial charge in [0.05, 0.1) is 18.9 Å². The van der Waals surface area contributed by atoms with Crippen molar-refractivity contribution in [3.8, 4) is 0 Å². The maximum Gasteiger partial charge on any atom is 0.251 e. The van der Waals surface area contributed by atoms with Gasteiger partial charge in [-0.2, -0.15) is 5.10 Å². The number of nitrogens with one attached hydrogen (secondary N) is 1. The van der Waals surface area contributed by atoms with Gasteiger partial charge in [0, 0.05) is 12.7 Å². The molecule has 2 aromatic heterocycles. The van der Waals surface area contributed by atoms with E-state index < -0.39 is 10.0 Å². The lowest BCUT2D eigenvalue weighted by Gasteiger charge is -2.04. The highest BCUT2D eigenvalue weighted by Gasteiger charge is 2.16. The molecule has 98 valence electrons. The summed E-state index contributed by atoms with van der Waals surface area (Å²) in [6.07, 6.45) is 4.81. The minimum atomic E-state index is -3.52. The SMILES string of the molecule is Cc1cnn(CCNS(=O)(=O)c2cnc(Cl)s2)c1. The Morgan fingerprint density at radius 1 is 1.50 bits per heavy atom. The van der Waals surface area contributed by atoms with E-state index in [-0.39, 0.29) is 15.2 Å². The molecule has 2 heterocycles. The Morgan fingerprint density at radius 3 is 2.83 bits per heavy atom. The Balaban J connectivity index is 1.93. The monoisotopic (exact) mass is 306 g/mol. The molecule has 0 radical (unpaired) electrons. The minimum absolute atomic E-state index is 0.115. The van der Waals surface area contributed by atoms with Gasteiger partial charge in [-0.25, -0.2) is 18.1 Å². The van der Waals surface area contributed by atoms with E-state index in [2.05, 4.69) is 14.8 Å². The fourth-order valence-corrected chi connectivity index (χ4v) is 3.68. The molecular weight excluding hydrogens is 296 g/mol. The molecule has 6 nitrogen and oxygen atoms in total. The van der Waals surface area contributed by atoms with Crippen molar-refractivity contribution in [1.82, 2.24) is 19.5 Å². The van der Waals surface area contributed by atoms with E-state index in [0.29, 0.717) is 6.54 Å². The molecule has 0 aromatic carbocycles. The summed E-state index contributed by atoms with van der Waals surface area (Å²) in [4.78, 5) is 3.70. The van der Waals surface area contributed by atoms with Crippen molar-refractivity contribution in [1.29, 1.82) is 0 Å². The van der Waals surface area contributed by atoms with Gasteiger partial charge < -0.3 is 0 Å². The Morgan fingerprint density at radius 2 is 2.28 bits per heavy atom. The standard InChI is InChI=1S/C9H11ClN4O2S2/c1-7-4-12-14(6-7)3-2-13-18(15,16)8-5-11-9(10)17-8/h4-6,13H,2-3H2,1H3. The molecule has 0 saturated heterocycles. The summed E-state index contributed by atoms with van der Waals surface area (Å²) in [7, 11) is -3.52. The van der Waals surface area contributed by atoms with Crippen LogP contribution in [-0.2, 0) is 16.6 Å². The van der Waals surface area contributed by atoms with Crippen molar-refractivity contribution in [2.45, 2.75) is 17.7 Å². The predicted molar refractivity (Wildman–Crippen MR) is 69.3 cm³/mol. The topological polar surface area (TPSA) is 76.9 Å². The fourth-order valence-electron chi connectivity index (χ4n) is 1.32. The highest BCUT2D eigenvalue weighted by atomic mass is 35.5. The highest BCUT2D eigenvalue weighted by Crippen LogP contribution is 2.21. The molecular formula is C9H11ClN4O2S2. The molecule has 2 rings (SSSR count). The van der Waals surface area contributed by atoms with Crippen molar-refractivity contribution < 1.29 is 8.42 Å². The molecule has 0 unspecified atom stereocenters. The minimum Gasteiger partial charge on any atom is -0.271 e. The van der Waals surface area contributed by atoms with Crippen LogP contribution in [0.15, 0.2) is 22.8 Å². The molecule has 0 aliphatic rings. The molecule has 0 bridgehead atoms. The van der Waals surface area contributed by atoms with Gasteiger partial charge in [-0.05, 0) is 12.5 Å². The summed E-state index contributed by atoms with van der Waals surface area (Å²) in [6, 6.07) is 0. The van der Waals surface area contributed by atoms with Crippen LogP contribution in [0.3, 0.4) is 0 Å². The third-order valence-electron chi connectivity index (χ3n) is 2.12. The molecule has 0 fully saturated rings. The summed E-state index contributed by atoms with van der Waals surface area (Å²) in [5.74, 6) is 0. The number of sulfonamides is 1. The Kier molecular flexibility index (Phi) is 4.00. The number of halogens is 1. The normalized spacial score (nSPS) is 11.9. The second-order valence-corrected chi connectivity index (χ2v) is 7.22. The second-order valence-electron chi connectivity index (χ2n) is 3.61. The van der Waals surface area contributed by atoms with Gasteiger partial charge in [-0.15, -0.1) is 0 Å². The van der Waals surface area contributed by atoms with Gasteiger partial charge in [0.2, 0.25) is 0 Å². The van der Waals surface area contributed by atoms with Gasteiger partial charge in [0.1, 0.15) is 0 Å². The zero-order valence-electron chi connectivity index (χ0n) is 9.50. The number of hydrogen-bond donors (Lipinski definition) is 1. The van der Waals surface area contributed by atoms with Crippen LogP contribution in [0.4, 0.5) is 0 Å². The second kappa shape index (κ2) is 5.35. The van der Waals surface area contributed by atoms with Crippen LogP contribution in [0.5, 0.6) is 0 Å². The molecule has 1 N–H and O–H groups in total. The van der Waals surface area contributed by atoms with Gasteiger partial charge >= 0.3 is 0 Å². The van der Waals surface area contributed by atoms with Crippen molar-refractivity contribution in [2.75, 3.05) is 6.54 Å². The van der Waals surface area contributed by atoms with Crippen LogP contribution in [0.2, 0.25) is 4.47 Å². The first-order valence-electron chi connectivity index (χ1n) is 5.07. The average Bonchev–Trinajstić information content (AvgIpc) is 2.88. The van der Waals surface area contributed by atoms with Crippen LogP contribution >= 0.6 is 22.9 Å². The number of rotatable bonds is 5. The summed E-state index contributed by atoms with van der Waals surface area (Å²) < 4.78 is 28.1. The third kappa shape index (κ3) is 3.29. The lowest BCUT2D eigenvalue weighted by molar-refractivity contribution is 0.562. The molecule has 9 heteroatoms. The number of hydrogen-bond acceptors (Lipinski definition) is 5. The zero-order valence-corrected chi connectivity index (χ0v) is 11.9. The van der Waals surface area contributed by atoms with Crippen molar-refractivity contribution in [3.05, 3.63) is 28.6 Å². The van der Waals surface area contributed by atoms with Gasteiger partial charge in [0.15, 0.2) is 8.68 Å². The molecule has 0 aliphatic heterocycles. The molecule has 0 saturated carbocycles. The maximum absolute atomic E-state index is 11.8. The summed E-state index contributed by atoms with van der Waals surface area (Å²) in [5, 5.41) is 4.06. The van der Waals surface area contributed by atoms with E-state index in [4.69, 9.17) is 11.6 Å². The number of aryl methyl sites for hydroxylation is 1. The zero-order chi connectivity index (χ0) is 13.2. The Bertz CT molecular complexity index is 635. The van der Waals surface area contributed by atoms with E-state index >= 15 is 0 Å². The summed E-state index contributed by atoms with van der Waals surface area (Å²) in [5.41, 5.74) is 1.03. The molecule has 18 heavy (non-hydrogen) atoms. The van der Waals surface area contributed by atoms with E-state index in [9.17, 15) is 8.42 Å². The molecule has 0 spiro atoms. The first-order chi connectivity index (χ1) is 8.47. The predicted octanol–water partition coefficient (Wildman–Crippen LogP) is 1.28. The number of aromatic nitrogens is 3. The lowest BCUT2D eigenvalue weighted by atomic mass is 10.4. The van der Waals surface area contributed by atoms with Gasteiger partial charge in [0.25, 0.3) is 10.0 Å². The van der Waals surface area contributed by atoms with Crippen LogP contribution < -0.4 is 4.72 Å². The van der Waals surface area contributed by atoms with Crippen LogP contribution in [0.25, 0.3) is 0 Å². The smallest absolute Gasteiger partial charge is 0.251 e. The van der Waals surface area contributed by atoms with E-state index in [1.165, 1.54) is 6.20 Å². The van der Waals surface area contributed by atoms with Crippen molar-refractivity contribution in [3.63, 3.8) is 0 Å². The number of nitrogens with zero attached hydrogens (tertiary/aromatic N) is 3. The lowest BCUT2D eigenvalue weighted by Crippen LogP contribution is -2.27. The summed E-state index contributed by atoms with van der Waals surface area (Å²) >= 11 is 6.53. The van der Waals surface area contributed by atoms with Gasteiger partial charge in [-0.3, -0.25) is 4.68 Å². The molecule has 2 aromatic rings. The van der Waals surface area contributed by atoms with E-state index in [1.807, 2.05) is 13.1 Å². The van der Waals surface area contributed by atoms with Crippen molar-refractivity contribution >= 4 is 33.0 Å². The Labute approximate surface area is 114 Å². The molecule has 0 atom stereocenters. The van der Waals surface area contributed by atoms with E-state index in [1.54, 1.807) is 10.9 Å². The third-order valence-corrected chi connectivity index (χ3v) is 5.15. The average molecular weight is 307 g/mol. The van der Waals surface area contributed by atoms with Crippen LogP contribution in [-0.4, -0.2) is 29.7 Å².